The van der Waals surface area contributed by atoms with Crippen LogP contribution in [0.25, 0.3) is 0 Å². The SMILES string of the molecule is N=C(CN=Cc1ccc(O)cc1)CN=Cc1ccc(O)cc1. The van der Waals surface area contributed by atoms with E-state index in [0.717, 1.165) is 11.1 Å². The smallest absolute Gasteiger partial charge is 0.115 e. The van der Waals surface area contributed by atoms with Crippen LogP contribution in [-0.2, 0) is 0 Å². The average Bonchev–Trinajstić information content (AvgIpc) is 2.51. The van der Waals surface area contributed by atoms with Crippen molar-refractivity contribution in [1.82, 2.24) is 0 Å². The zero-order chi connectivity index (χ0) is 15.8. The first-order valence-electron chi connectivity index (χ1n) is 6.77. The van der Waals surface area contributed by atoms with Gasteiger partial charge in [0.25, 0.3) is 0 Å². The number of hydrogen-bond acceptors (Lipinski definition) is 5. The minimum Gasteiger partial charge on any atom is -0.508 e. The first kappa shape index (κ1) is 15.4. The summed E-state index contributed by atoms with van der Waals surface area (Å²) < 4.78 is 0. The molecular weight excluding hydrogens is 278 g/mol. The Morgan fingerprint density at radius 1 is 0.773 bits per heavy atom. The van der Waals surface area contributed by atoms with Crippen molar-refractivity contribution >= 4 is 18.1 Å². The van der Waals surface area contributed by atoms with E-state index in [0.29, 0.717) is 5.71 Å². The fraction of sp³-hybridized carbons (Fsp3) is 0.118. The molecule has 0 aromatic heterocycles. The summed E-state index contributed by atoms with van der Waals surface area (Å²) in [5, 5.41) is 26.1. The average molecular weight is 295 g/mol. The quantitative estimate of drug-likeness (QED) is 0.715. The number of aromatic hydroxyl groups is 2. The highest BCUT2D eigenvalue weighted by Gasteiger charge is 1.94. The predicted molar refractivity (Wildman–Crippen MR) is 88.9 cm³/mol. The molecule has 3 N–H and O–H groups in total. The summed E-state index contributed by atoms with van der Waals surface area (Å²) in [6.07, 6.45) is 3.33. The standard InChI is InChI=1S/C17H17N3O2/c18-15(11-19-9-13-1-5-16(21)6-2-13)12-20-10-14-3-7-17(22)8-4-14/h1-10,18,21-22H,11-12H2. The molecule has 0 aliphatic heterocycles. The lowest BCUT2D eigenvalue weighted by Gasteiger charge is -1.97. The molecule has 2 rings (SSSR count). The van der Waals surface area contributed by atoms with E-state index in [1.807, 2.05) is 0 Å². The number of aliphatic imine (C=N–C) groups is 2. The molecule has 0 aliphatic rings. The Morgan fingerprint density at radius 2 is 1.14 bits per heavy atom. The van der Waals surface area contributed by atoms with Crippen LogP contribution in [0.1, 0.15) is 11.1 Å². The monoisotopic (exact) mass is 295 g/mol. The van der Waals surface area contributed by atoms with Crippen molar-refractivity contribution in [3.05, 3.63) is 59.7 Å². The molecule has 5 nitrogen and oxygen atoms in total. The third-order valence-electron chi connectivity index (χ3n) is 2.83. The van der Waals surface area contributed by atoms with Crippen LogP contribution in [0.15, 0.2) is 58.5 Å². The summed E-state index contributed by atoms with van der Waals surface area (Å²) in [5.41, 5.74) is 2.15. The summed E-state index contributed by atoms with van der Waals surface area (Å²) in [6.45, 7) is 0.571. The molecule has 112 valence electrons. The molecule has 0 radical (unpaired) electrons. The first-order chi connectivity index (χ1) is 10.6. The molecule has 0 amide bonds. The first-order valence-corrected chi connectivity index (χ1v) is 6.77. The van der Waals surface area contributed by atoms with Gasteiger partial charge in [-0.3, -0.25) is 9.98 Å². The van der Waals surface area contributed by atoms with Crippen molar-refractivity contribution in [3.8, 4) is 11.5 Å². The molecule has 0 spiro atoms. The van der Waals surface area contributed by atoms with Gasteiger partial charge in [0.1, 0.15) is 11.5 Å². The Hall–Kier alpha value is -2.95. The van der Waals surface area contributed by atoms with Gasteiger partial charge < -0.3 is 15.6 Å². The van der Waals surface area contributed by atoms with E-state index in [1.165, 1.54) is 0 Å². The Labute approximate surface area is 128 Å². The maximum absolute atomic E-state index is 9.17. The Bertz CT molecular complexity index is 615. The van der Waals surface area contributed by atoms with Crippen molar-refractivity contribution in [2.45, 2.75) is 0 Å². The van der Waals surface area contributed by atoms with Gasteiger partial charge in [-0.25, -0.2) is 0 Å². The van der Waals surface area contributed by atoms with Crippen LogP contribution in [0.4, 0.5) is 0 Å². The third-order valence-corrected chi connectivity index (χ3v) is 2.83. The zero-order valence-corrected chi connectivity index (χ0v) is 12.0. The lowest BCUT2D eigenvalue weighted by Crippen LogP contribution is -2.06. The Morgan fingerprint density at radius 3 is 1.50 bits per heavy atom. The van der Waals surface area contributed by atoms with Crippen LogP contribution in [0.5, 0.6) is 11.5 Å². The summed E-state index contributed by atoms with van der Waals surface area (Å²) in [4.78, 5) is 8.34. The number of phenolic OH excluding ortho intramolecular Hbond substituents is 2. The van der Waals surface area contributed by atoms with E-state index in [1.54, 1.807) is 61.0 Å². The van der Waals surface area contributed by atoms with Crippen molar-refractivity contribution < 1.29 is 10.2 Å². The van der Waals surface area contributed by atoms with Crippen molar-refractivity contribution in [2.24, 2.45) is 9.98 Å². The second-order valence-corrected chi connectivity index (χ2v) is 4.73. The number of nitrogens with one attached hydrogen (secondary N) is 1. The molecule has 0 aliphatic carbocycles. The molecule has 2 aromatic carbocycles. The second kappa shape index (κ2) is 7.73. The number of rotatable bonds is 6. The maximum Gasteiger partial charge on any atom is 0.115 e. The van der Waals surface area contributed by atoms with E-state index >= 15 is 0 Å². The van der Waals surface area contributed by atoms with Gasteiger partial charge in [-0.15, -0.1) is 0 Å². The lowest BCUT2D eigenvalue weighted by molar-refractivity contribution is 0.475. The number of phenols is 2. The van der Waals surface area contributed by atoms with Crippen LogP contribution < -0.4 is 0 Å². The summed E-state index contributed by atoms with van der Waals surface area (Å²) in [5.74, 6) is 0.432. The number of nitrogens with zero attached hydrogens (tertiary/aromatic N) is 2. The van der Waals surface area contributed by atoms with Crippen molar-refractivity contribution in [1.29, 1.82) is 5.41 Å². The lowest BCUT2D eigenvalue weighted by atomic mass is 10.2. The van der Waals surface area contributed by atoms with Crippen LogP contribution in [0, 0.1) is 5.41 Å². The molecule has 5 heteroatoms. The van der Waals surface area contributed by atoms with E-state index in [9.17, 15) is 0 Å². The van der Waals surface area contributed by atoms with Gasteiger partial charge in [-0.05, 0) is 59.7 Å². The van der Waals surface area contributed by atoms with Crippen molar-refractivity contribution in [3.63, 3.8) is 0 Å². The topological polar surface area (TPSA) is 89.0 Å². The summed E-state index contributed by atoms with van der Waals surface area (Å²) in [7, 11) is 0. The number of benzene rings is 2. The number of hydrogen-bond donors (Lipinski definition) is 3. The molecule has 0 bridgehead atoms. The van der Waals surface area contributed by atoms with Gasteiger partial charge in [-0.2, -0.15) is 0 Å². The molecule has 2 aromatic rings. The highest BCUT2D eigenvalue weighted by molar-refractivity contribution is 5.90. The molecule has 0 atom stereocenters. The van der Waals surface area contributed by atoms with E-state index < -0.39 is 0 Å². The van der Waals surface area contributed by atoms with Gasteiger partial charge in [0.05, 0.1) is 18.8 Å². The Kier molecular flexibility index (Phi) is 5.43. The van der Waals surface area contributed by atoms with Gasteiger partial charge in [0.15, 0.2) is 0 Å². The largest absolute Gasteiger partial charge is 0.508 e. The molecular formula is C17H17N3O2. The van der Waals surface area contributed by atoms with E-state index in [-0.39, 0.29) is 24.6 Å². The summed E-state index contributed by atoms with van der Waals surface area (Å²) >= 11 is 0. The molecule has 0 heterocycles. The minimum atomic E-state index is 0.216. The van der Waals surface area contributed by atoms with E-state index in [4.69, 9.17) is 15.6 Å². The molecule has 0 saturated carbocycles. The zero-order valence-electron chi connectivity index (χ0n) is 12.0. The minimum absolute atomic E-state index is 0.216. The van der Waals surface area contributed by atoms with Crippen LogP contribution in [0.3, 0.4) is 0 Å². The highest BCUT2D eigenvalue weighted by Crippen LogP contribution is 2.08. The van der Waals surface area contributed by atoms with Gasteiger partial charge in [0, 0.05) is 12.4 Å². The summed E-state index contributed by atoms with van der Waals surface area (Å²) in [6, 6.07) is 13.4. The Balaban J connectivity index is 1.78. The molecule has 0 saturated heterocycles. The molecule has 0 unspecified atom stereocenters. The van der Waals surface area contributed by atoms with Crippen LogP contribution in [-0.4, -0.2) is 41.4 Å². The highest BCUT2D eigenvalue weighted by atomic mass is 16.3. The molecule has 22 heavy (non-hydrogen) atoms. The van der Waals surface area contributed by atoms with Gasteiger partial charge >= 0.3 is 0 Å². The van der Waals surface area contributed by atoms with Gasteiger partial charge in [-0.1, -0.05) is 0 Å². The van der Waals surface area contributed by atoms with Crippen LogP contribution >= 0.6 is 0 Å². The third kappa shape index (κ3) is 5.20. The van der Waals surface area contributed by atoms with Gasteiger partial charge in [0.2, 0.25) is 0 Å². The second-order valence-electron chi connectivity index (χ2n) is 4.73. The fourth-order valence-corrected chi connectivity index (χ4v) is 1.69. The fourth-order valence-electron chi connectivity index (χ4n) is 1.69. The van der Waals surface area contributed by atoms with Crippen LogP contribution in [0.2, 0.25) is 0 Å². The van der Waals surface area contributed by atoms with E-state index in [2.05, 4.69) is 9.98 Å². The maximum atomic E-state index is 9.17. The predicted octanol–water partition coefficient (Wildman–Crippen LogP) is 2.66. The normalized spacial score (nSPS) is 11.3. The molecule has 0 fully saturated rings. The van der Waals surface area contributed by atoms with Crippen molar-refractivity contribution in [2.75, 3.05) is 13.1 Å².